The number of rotatable bonds is 6. The van der Waals surface area contributed by atoms with Gasteiger partial charge in [0.15, 0.2) is 0 Å². The van der Waals surface area contributed by atoms with Crippen molar-refractivity contribution in [2.75, 3.05) is 0 Å². The molecule has 146 valence electrons. The molecule has 2 aromatic heterocycles. The summed E-state index contributed by atoms with van der Waals surface area (Å²) in [6, 6.07) is 8.22. The van der Waals surface area contributed by atoms with E-state index in [-0.39, 0.29) is 24.2 Å². The molecule has 6 nitrogen and oxygen atoms in total. The summed E-state index contributed by atoms with van der Waals surface area (Å²) in [5.41, 5.74) is 1.69. The quantitative estimate of drug-likeness (QED) is 0.553. The summed E-state index contributed by atoms with van der Waals surface area (Å²) in [4.78, 5) is 32.2. The molecule has 3 aromatic rings. The number of aromatic nitrogens is 2. The van der Waals surface area contributed by atoms with Crippen molar-refractivity contribution in [2.24, 2.45) is 0 Å². The third-order valence-electron chi connectivity index (χ3n) is 4.12. The largest absolute Gasteiger partial charge is 0.352 e. The third kappa shape index (κ3) is 4.86. The Kier molecular flexibility index (Phi) is 5.94. The molecule has 0 saturated heterocycles. The number of nitrogens with zero attached hydrogens (tertiary/aromatic N) is 1. The van der Waals surface area contributed by atoms with Crippen LogP contribution < -0.4 is 10.6 Å². The number of amides is 2. The predicted molar refractivity (Wildman–Crippen MR) is 106 cm³/mol. The third-order valence-corrected chi connectivity index (χ3v) is 4.33. The summed E-state index contributed by atoms with van der Waals surface area (Å²) in [6.07, 6.45) is 1.77. The lowest BCUT2D eigenvalue weighted by molar-refractivity contribution is -0.123. The molecule has 0 bridgehead atoms. The fraction of sp³-hybridized carbons (Fsp3) is 0.250. The maximum absolute atomic E-state index is 13.1. The van der Waals surface area contributed by atoms with Gasteiger partial charge in [-0.2, -0.15) is 0 Å². The number of nitrogens with one attached hydrogen (secondary N) is 3. The van der Waals surface area contributed by atoms with E-state index in [1.54, 1.807) is 24.3 Å². The first-order valence-corrected chi connectivity index (χ1v) is 9.19. The zero-order valence-corrected chi connectivity index (χ0v) is 16.2. The van der Waals surface area contributed by atoms with Gasteiger partial charge in [0, 0.05) is 17.8 Å². The number of benzene rings is 1. The van der Waals surface area contributed by atoms with E-state index in [0.29, 0.717) is 16.4 Å². The highest BCUT2D eigenvalue weighted by atomic mass is 35.5. The number of hydrogen-bond acceptors (Lipinski definition) is 3. The monoisotopic (exact) mass is 402 g/mol. The standard InChI is InChI=1S/C20H20ClFN4O2/c1-11(2)24-19(27)15(7-12-3-5-14(22)6-4-12)26-20(28)16-8-13-9-18(21)23-10-17(13)25-16/h3-6,8-11,15,25H,7H2,1-2H3,(H,24,27)(H,26,28)/t15-/m0/s1. The van der Waals surface area contributed by atoms with Crippen molar-refractivity contribution in [1.29, 1.82) is 0 Å². The molecular weight excluding hydrogens is 383 g/mol. The molecule has 3 N–H and O–H groups in total. The van der Waals surface area contributed by atoms with E-state index >= 15 is 0 Å². The lowest BCUT2D eigenvalue weighted by atomic mass is 10.0. The first-order valence-electron chi connectivity index (χ1n) is 8.82. The van der Waals surface area contributed by atoms with Gasteiger partial charge >= 0.3 is 0 Å². The van der Waals surface area contributed by atoms with Crippen LogP contribution in [0.15, 0.2) is 42.6 Å². The number of aromatic amines is 1. The van der Waals surface area contributed by atoms with Crippen LogP contribution in [-0.4, -0.2) is 33.9 Å². The maximum Gasteiger partial charge on any atom is 0.268 e. The Hall–Kier alpha value is -2.93. The number of pyridine rings is 1. The van der Waals surface area contributed by atoms with E-state index in [0.717, 1.165) is 10.9 Å². The van der Waals surface area contributed by atoms with Crippen molar-refractivity contribution >= 4 is 34.3 Å². The molecule has 0 aliphatic heterocycles. The highest BCUT2D eigenvalue weighted by molar-refractivity contribution is 6.30. The number of halogens is 2. The van der Waals surface area contributed by atoms with Gasteiger partial charge in [-0.1, -0.05) is 23.7 Å². The molecule has 2 amide bonds. The SMILES string of the molecule is CC(C)NC(=O)[C@H](Cc1ccc(F)cc1)NC(=O)c1cc2cc(Cl)ncc2[nH]1. The minimum atomic E-state index is -0.812. The van der Waals surface area contributed by atoms with E-state index in [4.69, 9.17) is 11.6 Å². The van der Waals surface area contributed by atoms with Crippen LogP contribution in [0.2, 0.25) is 5.15 Å². The Morgan fingerprint density at radius 1 is 1.18 bits per heavy atom. The minimum absolute atomic E-state index is 0.0820. The molecule has 0 aliphatic rings. The summed E-state index contributed by atoms with van der Waals surface area (Å²) >= 11 is 5.88. The zero-order valence-electron chi connectivity index (χ0n) is 15.4. The summed E-state index contributed by atoms with van der Waals surface area (Å²) < 4.78 is 13.1. The van der Waals surface area contributed by atoms with Gasteiger partial charge in [0.2, 0.25) is 5.91 Å². The van der Waals surface area contributed by atoms with Gasteiger partial charge in [-0.15, -0.1) is 0 Å². The predicted octanol–water partition coefficient (Wildman–Crippen LogP) is 3.22. The lowest BCUT2D eigenvalue weighted by Gasteiger charge is -2.20. The van der Waals surface area contributed by atoms with E-state index < -0.39 is 11.9 Å². The molecule has 0 unspecified atom stereocenters. The lowest BCUT2D eigenvalue weighted by Crippen LogP contribution is -2.49. The van der Waals surface area contributed by atoms with Crippen molar-refractivity contribution in [1.82, 2.24) is 20.6 Å². The summed E-state index contributed by atoms with van der Waals surface area (Å²) in [5.74, 6) is -1.10. The van der Waals surface area contributed by atoms with Gasteiger partial charge in [0.1, 0.15) is 22.7 Å². The van der Waals surface area contributed by atoms with Crippen LogP contribution in [0.3, 0.4) is 0 Å². The van der Waals surface area contributed by atoms with Crippen molar-refractivity contribution in [3.8, 4) is 0 Å². The molecule has 1 atom stereocenters. The van der Waals surface area contributed by atoms with E-state index in [1.807, 2.05) is 13.8 Å². The Morgan fingerprint density at radius 3 is 2.57 bits per heavy atom. The summed E-state index contributed by atoms with van der Waals surface area (Å²) in [7, 11) is 0. The number of carbonyl (C=O) groups excluding carboxylic acids is 2. The van der Waals surface area contributed by atoms with Gasteiger partial charge in [0.05, 0.1) is 11.7 Å². The van der Waals surface area contributed by atoms with Gasteiger partial charge in [-0.3, -0.25) is 9.59 Å². The molecule has 8 heteroatoms. The number of fused-ring (bicyclic) bond motifs is 1. The smallest absolute Gasteiger partial charge is 0.268 e. The van der Waals surface area contributed by atoms with Crippen LogP contribution in [0.5, 0.6) is 0 Å². The zero-order chi connectivity index (χ0) is 20.3. The molecule has 28 heavy (non-hydrogen) atoms. The van der Waals surface area contributed by atoms with Crippen molar-refractivity contribution in [2.45, 2.75) is 32.4 Å². The van der Waals surface area contributed by atoms with Crippen molar-refractivity contribution in [3.05, 3.63) is 64.8 Å². The van der Waals surface area contributed by atoms with E-state index in [1.165, 1.54) is 18.3 Å². The van der Waals surface area contributed by atoms with Crippen LogP contribution in [0.4, 0.5) is 4.39 Å². The van der Waals surface area contributed by atoms with Gasteiger partial charge in [-0.25, -0.2) is 9.37 Å². The highest BCUT2D eigenvalue weighted by Crippen LogP contribution is 2.18. The molecule has 1 aromatic carbocycles. The topological polar surface area (TPSA) is 86.9 Å². The first-order chi connectivity index (χ1) is 13.3. The van der Waals surface area contributed by atoms with Crippen molar-refractivity contribution < 1.29 is 14.0 Å². The maximum atomic E-state index is 13.1. The average molecular weight is 403 g/mol. The van der Waals surface area contributed by atoms with Crippen LogP contribution in [0.1, 0.15) is 29.9 Å². The fourth-order valence-corrected chi connectivity index (χ4v) is 2.98. The Morgan fingerprint density at radius 2 is 1.89 bits per heavy atom. The molecule has 0 radical (unpaired) electrons. The van der Waals surface area contributed by atoms with Crippen molar-refractivity contribution in [3.63, 3.8) is 0 Å². The molecular formula is C20H20ClFN4O2. The highest BCUT2D eigenvalue weighted by Gasteiger charge is 2.23. The second-order valence-electron chi connectivity index (χ2n) is 6.80. The molecule has 2 heterocycles. The Bertz CT molecular complexity index is 1000. The number of hydrogen-bond donors (Lipinski definition) is 3. The fourth-order valence-electron chi connectivity index (χ4n) is 2.81. The van der Waals surface area contributed by atoms with E-state index in [2.05, 4.69) is 20.6 Å². The molecule has 0 saturated carbocycles. The Labute approximate surface area is 166 Å². The average Bonchev–Trinajstić information content (AvgIpc) is 3.05. The van der Waals surface area contributed by atoms with E-state index in [9.17, 15) is 14.0 Å². The minimum Gasteiger partial charge on any atom is -0.352 e. The van der Waals surface area contributed by atoms with Crippen LogP contribution in [0.25, 0.3) is 10.9 Å². The summed E-state index contributed by atoms with van der Waals surface area (Å²) in [6.45, 7) is 3.67. The first kappa shape index (κ1) is 19.8. The molecule has 0 fully saturated rings. The molecule has 3 rings (SSSR count). The van der Waals surface area contributed by atoms with Gasteiger partial charge < -0.3 is 15.6 Å². The van der Waals surface area contributed by atoms with Crippen LogP contribution >= 0.6 is 11.6 Å². The van der Waals surface area contributed by atoms with Crippen LogP contribution in [-0.2, 0) is 11.2 Å². The molecule has 0 aliphatic carbocycles. The van der Waals surface area contributed by atoms with Gasteiger partial charge in [0.25, 0.3) is 5.91 Å². The number of H-pyrrole nitrogens is 1. The summed E-state index contributed by atoms with van der Waals surface area (Å²) in [5, 5.41) is 6.61. The second kappa shape index (κ2) is 8.39. The normalized spacial score (nSPS) is 12.2. The Balaban J connectivity index is 1.80. The van der Waals surface area contributed by atoms with Gasteiger partial charge in [-0.05, 0) is 43.7 Å². The van der Waals surface area contributed by atoms with Crippen LogP contribution in [0, 0.1) is 5.82 Å². The molecule has 0 spiro atoms. The second-order valence-corrected chi connectivity index (χ2v) is 7.18. The number of carbonyl (C=O) groups is 2.